The second-order valence-electron chi connectivity index (χ2n) is 3.22. The van der Waals surface area contributed by atoms with Gasteiger partial charge in [-0.2, -0.15) is 0 Å². The minimum Gasteiger partial charge on any atom is -0.479 e. The highest BCUT2D eigenvalue weighted by Gasteiger charge is 2.11. The SMILES string of the molecule is CCOC(=S)SCC(=O)NC(=O)c1ccccc1. The molecule has 0 aliphatic rings. The molecule has 0 radical (unpaired) electrons. The van der Waals surface area contributed by atoms with Crippen molar-refractivity contribution >= 4 is 40.2 Å². The summed E-state index contributed by atoms with van der Waals surface area (Å²) in [5.74, 6) is -0.739. The van der Waals surface area contributed by atoms with Gasteiger partial charge in [0.1, 0.15) is 0 Å². The molecule has 0 heterocycles. The molecule has 0 aromatic heterocycles. The molecule has 96 valence electrons. The number of thiocarbonyl (C=S) groups is 1. The van der Waals surface area contributed by atoms with Gasteiger partial charge in [0.2, 0.25) is 10.3 Å². The maximum Gasteiger partial charge on any atom is 0.257 e. The number of hydrogen-bond acceptors (Lipinski definition) is 5. The smallest absolute Gasteiger partial charge is 0.257 e. The van der Waals surface area contributed by atoms with Crippen LogP contribution in [0.2, 0.25) is 0 Å². The predicted molar refractivity (Wildman–Crippen MR) is 75.6 cm³/mol. The Bertz CT molecular complexity index is 434. The summed E-state index contributed by atoms with van der Waals surface area (Å²) < 4.78 is 5.32. The number of rotatable bonds is 4. The number of hydrogen-bond donors (Lipinski definition) is 1. The molecule has 6 heteroatoms. The van der Waals surface area contributed by atoms with Crippen molar-refractivity contribution in [1.82, 2.24) is 5.32 Å². The number of imide groups is 1. The lowest BCUT2D eigenvalue weighted by Crippen LogP contribution is -2.32. The Labute approximate surface area is 115 Å². The third kappa shape index (κ3) is 5.29. The highest BCUT2D eigenvalue weighted by Crippen LogP contribution is 2.05. The zero-order chi connectivity index (χ0) is 13.4. The molecule has 0 aliphatic heterocycles. The average molecular weight is 283 g/mol. The van der Waals surface area contributed by atoms with Gasteiger partial charge in [-0.1, -0.05) is 30.0 Å². The molecule has 1 aromatic carbocycles. The Morgan fingerprint density at radius 2 is 2.00 bits per heavy atom. The van der Waals surface area contributed by atoms with Gasteiger partial charge in [-0.25, -0.2) is 0 Å². The van der Waals surface area contributed by atoms with Gasteiger partial charge in [-0.05, 0) is 31.3 Å². The van der Waals surface area contributed by atoms with Crippen molar-refractivity contribution in [2.75, 3.05) is 12.4 Å². The van der Waals surface area contributed by atoms with Gasteiger partial charge in [0.15, 0.2) is 0 Å². The minimum absolute atomic E-state index is 0.0669. The molecular weight excluding hydrogens is 270 g/mol. The van der Waals surface area contributed by atoms with Gasteiger partial charge < -0.3 is 4.74 Å². The van der Waals surface area contributed by atoms with Crippen molar-refractivity contribution in [3.05, 3.63) is 35.9 Å². The molecule has 0 unspecified atom stereocenters. The summed E-state index contributed by atoms with van der Waals surface area (Å²) in [7, 11) is 0. The van der Waals surface area contributed by atoms with Gasteiger partial charge in [0.05, 0.1) is 12.4 Å². The topological polar surface area (TPSA) is 55.4 Å². The lowest BCUT2D eigenvalue weighted by atomic mass is 10.2. The lowest BCUT2D eigenvalue weighted by Gasteiger charge is -2.05. The van der Waals surface area contributed by atoms with Crippen molar-refractivity contribution in [2.45, 2.75) is 6.92 Å². The van der Waals surface area contributed by atoms with Crippen LogP contribution in [0.4, 0.5) is 0 Å². The van der Waals surface area contributed by atoms with Gasteiger partial charge in [0.25, 0.3) is 5.91 Å². The van der Waals surface area contributed by atoms with Gasteiger partial charge in [-0.3, -0.25) is 14.9 Å². The summed E-state index contributed by atoms with van der Waals surface area (Å²) in [5, 5.41) is 2.28. The highest BCUT2D eigenvalue weighted by atomic mass is 32.2. The quantitative estimate of drug-likeness (QED) is 0.857. The van der Waals surface area contributed by atoms with Crippen LogP contribution in [0.15, 0.2) is 30.3 Å². The summed E-state index contributed by atoms with van der Waals surface area (Å²) in [6.45, 7) is 2.28. The van der Waals surface area contributed by atoms with Crippen LogP contribution in [-0.2, 0) is 9.53 Å². The van der Waals surface area contributed by atoms with E-state index in [1.165, 1.54) is 0 Å². The summed E-state index contributed by atoms with van der Waals surface area (Å²) in [4.78, 5) is 23.1. The van der Waals surface area contributed by atoms with E-state index in [1.54, 1.807) is 30.3 Å². The fourth-order valence-corrected chi connectivity index (χ4v) is 1.93. The minimum atomic E-state index is -0.413. The molecule has 0 atom stereocenters. The number of nitrogens with one attached hydrogen (secondary N) is 1. The van der Waals surface area contributed by atoms with Crippen molar-refractivity contribution in [3.8, 4) is 0 Å². The first-order chi connectivity index (χ1) is 8.63. The van der Waals surface area contributed by atoms with Crippen molar-refractivity contribution < 1.29 is 14.3 Å². The Morgan fingerprint density at radius 3 is 2.61 bits per heavy atom. The molecular formula is C12H13NO3S2. The third-order valence-corrected chi connectivity index (χ3v) is 3.10. The van der Waals surface area contributed by atoms with E-state index >= 15 is 0 Å². The first-order valence-corrected chi connectivity index (χ1v) is 6.71. The van der Waals surface area contributed by atoms with E-state index in [0.717, 1.165) is 11.8 Å². The maximum absolute atomic E-state index is 11.6. The molecule has 1 aromatic rings. The van der Waals surface area contributed by atoms with E-state index in [2.05, 4.69) is 5.32 Å². The van der Waals surface area contributed by atoms with Crippen LogP contribution >= 0.6 is 24.0 Å². The average Bonchev–Trinajstić information content (AvgIpc) is 2.38. The van der Waals surface area contributed by atoms with Crippen molar-refractivity contribution in [2.24, 2.45) is 0 Å². The number of thioether (sulfide) groups is 1. The van der Waals surface area contributed by atoms with Gasteiger partial charge in [-0.15, -0.1) is 0 Å². The van der Waals surface area contributed by atoms with Crippen molar-refractivity contribution in [1.29, 1.82) is 0 Å². The summed E-state index contributed by atoms with van der Waals surface area (Å²) in [6, 6.07) is 8.55. The number of ether oxygens (including phenoxy) is 1. The molecule has 0 fully saturated rings. The predicted octanol–water partition coefficient (Wildman–Crippen LogP) is 2.00. The summed E-state index contributed by atoms with van der Waals surface area (Å²) in [5.41, 5.74) is 0.447. The first kappa shape index (κ1) is 14.7. The summed E-state index contributed by atoms with van der Waals surface area (Å²) >= 11 is 5.95. The molecule has 1 rings (SSSR count). The van der Waals surface area contributed by atoms with E-state index in [1.807, 2.05) is 6.92 Å². The van der Waals surface area contributed by atoms with Gasteiger partial charge >= 0.3 is 0 Å². The molecule has 0 aliphatic carbocycles. The largest absolute Gasteiger partial charge is 0.479 e. The zero-order valence-electron chi connectivity index (χ0n) is 9.84. The van der Waals surface area contributed by atoms with Crippen LogP contribution in [-0.4, -0.2) is 28.6 Å². The summed E-state index contributed by atoms with van der Waals surface area (Å²) in [6.07, 6.45) is 0. The maximum atomic E-state index is 11.6. The monoisotopic (exact) mass is 283 g/mol. The number of amides is 2. The number of carbonyl (C=O) groups is 2. The second kappa shape index (κ2) is 7.84. The van der Waals surface area contributed by atoms with E-state index in [9.17, 15) is 9.59 Å². The molecule has 0 saturated carbocycles. The Morgan fingerprint density at radius 1 is 1.33 bits per heavy atom. The molecule has 0 bridgehead atoms. The molecule has 0 saturated heterocycles. The fourth-order valence-electron chi connectivity index (χ4n) is 1.11. The van der Waals surface area contributed by atoms with Crippen LogP contribution in [0.3, 0.4) is 0 Å². The Balaban J connectivity index is 2.37. The number of benzene rings is 1. The molecule has 4 nitrogen and oxygen atoms in total. The van der Waals surface area contributed by atoms with Crippen LogP contribution in [0.25, 0.3) is 0 Å². The van der Waals surface area contributed by atoms with E-state index in [4.69, 9.17) is 17.0 Å². The zero-order valence-corrected chi connectivity index (χ0v) is 11.5. The lowest BCUT2D eigenvalue weighted by molar-refractivity contribution is -0.117. The van der Waals surface area contributed by atoms with Gasteiger partial charge in [0, 0.05) is 5.56 Å². The van der Waals surface area contributed by atoms with E-state index < -0.39 is 11.8 Å². The van der Waals surface area contributed by atoms with Crippen LogP contribution < -0.4 is 5.32 Å². The van der Waals surface area contributed by atoms with Crippen LogP contribution in [0.1, 0.15) is 17.3 Å². The highest BCUT2D eigenvalue weighted by molar-refractivity contribution is 8.23. The van der Waals surface area contributed by atoms with Crippen LogP contribution in [0.5, 0.6) is 0 Å². The first-order valence-electron chi connectivity index (χ1n) is 5.32. The fraction of sp³-hybridized carbons (Fsp3) is 0.250. The molecule has 0 spiro atoms. The Hall–Kier alpha value is -1.40. The second-order valence-corrected chi connectivity index (χ2v) is 4.79. The van der Waals surface area contributed by atoms with E-state index in [-0.39, 0.29) is 5.75 Å². The molecule has 2 amide bonds. The van der Waals surface area contributed by atoms with E-state index in [0.29, 0.717) is 16.6 Å². The molecule has 1 N–H and O–H groups in total. The number of carbonyl (C=O) groups excluding carboxylic acids is 2. The third-order valence-electron chi connectivity index (χ3n) is 1.87. The van der Waals surface area contributed by atoms with Crippen LogP contribution in [0, 0.1) is 0 Å². The standard InChI is InChI=1S/C12H13NO3S2/c1-2-16-12(17)18-8-10(14)13-11(15)9-6-4-3-5-7-9/h3-7H,2,8H2,1H3,(H,13,14,15). The Kier molecular flexibility index (Phi) is 6.38. The van der Waals surface area contributed by atoms with Crippen molar-refractivity contribution in [3.63, 3.8) is 0 Å². The normalized spacial score (nSPS) is 9.61. The molecule has 18 heavy (non-hydrogen) atoms.